The molecule has 1 fully saturated rings. The number of aromatic nitrogens is 2. The van der Waals surface area contributed by atoms with Gasteiger partial charge in [0, 0.05) is 31.6 Å². The molecule has 1 N–H and O–H groups in total. The van der Waals surface area contributed by atoms with Crippen LogP contribution in [0.4, 0.5) is 0 Å². The van der Waals surface area contributed by atoms with Gasteiger partial charge in [-0.3, -0.25) is 4.79 Å². The van der Waals surface area contributed by atoms with Crippen molar-refractivity contribution in [3.8, 4) is 11.4 Å². The molecule has 1 saturated heterocycles. The Labute approximate surface area is 141 Å². The largest absolute Gasteiger partial charge is 0.376 e. The Hall–Kier alpha value is -2.21. The summed E-state index contributed by atoms with van der Waals surface area (Å²) < 4.78 is 10.7. The molecule has 0 aliphatic carbocycles. The molecule has 6 heteroatoms. The molecule has 1 amide bonds. The molecule has 0 saturated carbocycles. The predicted molar refractivity (Wildman–Crippen MR) is 89.4 cm³/mol. The third-order valence-electron chi connectivity index (χ3n) is 4.12. The van der Waals surface area contributed by atoms with Gasteiger partial charge in [0.2, 0.25) is 17.6 Å². The molecule has 0 radical (unpaired) electrons. The Morgan fingerprint density at radius 3 is 2.92 bits per heavy atom. The molecule has 3 rings (SSSR count). The smallest absolute Gasteiger partial charge is 0.226 e. The summed E-state index contributed by atoms with van der Waals surface area (Å²) in [5, 5.41) is 6.92. The fourth-order valence-electron chi connectivity index (χ4n) is 2.70. The van der Waals surface area contributed by atoms with Gasteiger partial charge in [0.1, 0.15) is 0 Å². The number of ether oxygens (including phenoxy) is 1. The molecule has 2 aromatic rings. The third-order valence-corrected chi connectivity index (χ3v) is 4.12. The van der Waals surface area contributed by atoms with Crippen molar-refractivity contribution in [1.82, 2.24) is 15.5 Å². The van der Waals surface area contributed by atoms with Crippen molar-refractivity contribution in [2.45, 2.75) is 45.1 Å². The van der Waals surface area contributed by atoms with E-state index in [1.165, 1.54) is 5.56 Å². The van der Waals surface area contributed by atoms with Gasteiger partial charge in [-0.2, -0.15) is 4.98 Å². The lowest BCUT2D eigenvalue weighted by atomic mass is 10.1. The van der Waals surface area contributed by atoms with Gasteiger partial charge >= 0.3 is 0 Å². The monoisotopic (exact) mass is 329 g/mol. The van der Waals surface area contributed by atoms with Crippen LogP contribution in [0.5, 0.6) is 0 Å². The van der Waals surface area contributed by atoms with Crippen molar-refractivity contribution in [2.75, 3.05) is 13.2 Å². The van der Waals surface area contributed by atoms with Crippen molar-refractivity contribution in [3.05, 3.63) is 35.7 Å². The van der Waals surface area contributed by atoms with Crippen LogP contribution in [0.25, 0.3) is 11.4 Å². The Morgan fingerprint density at radius 2 is 2.17 bits per heavy atom. The summed E-state index contributed by atoms with van der Waals surface area (Å²) in [4.78, 5) is 16.2. The molecule has 1 aliphatic rings. The maximum absolute atomic E-state index is 11.8. The van der Waals surface area contributed by atoms with Crippen LogP contribution < -0.4 is 5.32 Å². The zero-order chi connectivity index (χ0) is 16.8. The van der Waals surface area contributed by atoms with E-state index in [0.717, 1.165) is 25.0 Å². The van der Waals surface area contributed by atoms with E-state index in [9.17, 15) is 4.79 Å². The Balaban J connectivity index is 1.40. The molecule has 0 unspecified atom stereocenters. The number of aryl methyl sites for hydroxylation is 2. The number of carbonyl (C=O) groups is 1. The first-order valence-corrected chi connectivity index (χ1v) is 8.48. The van der Waals surface area contributed by atoms with Gasteiger partial charge in [-0.15, -0.1) is 0 Å². The van der Waals surface area contributed by atoms with Gasteiger partial charge in [0.25, 0.3) is 0 Å². The second-order valence-corrected chi connectivity index (χ2v) is 6.17. The second-order valence-electron chi connectivity index (χ2n) is 6.17. The molecule has 0 spiro atoms. The quantitative estimate of drug-likeness (QED) is 0.845. The van der Waals surface area contributed by atoms with E-state index in [1.54, 1.807) is 0 Å². The number of hydrogen-bond donors (Lipinski definition) is 1. The molecular weight excluding hydrogens is 306 g/mol. The zero-order valence-electron chi connectivity index (χ0n) is 14.0. The highest BCUT2D eigenvalue weighted by molar-refractivity contribution is 5.75. The maximum Gasteiger partial charge on any atom is 0.226 e. The summed E-state index contributed by atoms with van der Waals surface area (Å²) in [7, 11) is 0. The summed E-state index contributed by atoms with van der Waals surface area (Å²) in [5.74, 6) is 1.20. The van der Waals surface area contributed by atoms with E-state index >= 15 is 0 Å². The average Bonchev–Trinajstić information content (AvgIpc) is 3.25. The lowest BCUT2D eigenvalue weighted by molar-refractivity contribution is -0.121. The maximum atomic E-state index is 11.8. The van der Waals surface area contributed by atoms with Gasteiger partial charge < -0.3 is 14.6 Å². The van der Waals surface area contributed by atoms with Crippen LogP contribution in [-0.2, 0) is 16.0 Å². The first kappa shape index (κ1) is 16.6. The SMILES string of the molecule is Cc1ccc(-c2noc(CCCC(=O)NC[C@@H]3CCCO3)n2)cc1. The Bertz CT molecular complexity index is 660. The number of carbonyl (C=O) groups excluding carboxylic acids is 1. The van der Waals surface area contributed by atoms with E-state index in [2.05, 4.69) is 15.5 Å². The number of nitrogens with zero attached hydrogens (tertiary/aromatic N) is 2. The van der Waals surface area contributed by atoms with Crippen LogP contribution in [0.3, 0.4) is 0 Å². The Morgan fingerprint density at radius 1 is 1.33 bits per heavy atom. The second kappa shape index (κ2) is 8.06. The number of benzene rings is 1. The van der Waals surface area contributed by atoms with Crippen molar-refractivity contribution in [3.63, 3.8) is 0 Å². The minimum atomic E-state index is 0.0452. The number of amides is 1. The van der Waals surface area contributed by atoms with Crippen LogP contribution in [0, 0.1) is 6.92 Å². The van der Waals surface area contributed by atoms with E-state index in [4.69, 9.17) is 9.26 Å². The molecule has 128 valence electrons. The first-order chi connectivity index (χ1) is 11.7. The molecular formula is C18H23N3O3. The van der Waals surface area contributed by atoms with Gasteiger partial charge in [0.15, 0.2) is 0 Å². The minimum absolute atomic E-state index is 0.0452. The third kappa shape index (κ3) is 4.64. The predicted octanol–water partition coefficient (Wildman–Crippen LogP) is 2.66. The van der Waals surface area contributed by atoms with E-state index < -0.39 is 0 Å². The van der Waals surface area contributed by atoms with Crippen molar-refractivity contribution in [1.29, 1.82) is 0 Å². The standard InChI is InChI=1S/C18H23N3O3/c1-13-7-9-14(10-8-13)18-20-17(24-21-18)6-2-5-16(22)19-12-15-4-3-11-23-15/h7-10,15H,2-6,11-12H2,1H3,(H,19,22)/t15-/m0/s1. The molecule has 1 aromatic heterocycles. The summed E-state index contributed by atoms with van der Waals surface area (Å²) in [5.41, 5.74) is 2.13. The molecule has 2 heterocycles. The van der Waals surface area contributed by atoms with Crippen LogP contribution in [0.2, 0.25) is 0 Å². The van der Waals surface area contributed by atoms with Gasteiger partial charge in [-0.1, -0.05) is 35.0 Å². The van der Waals surface area contributed by atoms with Crippen LogP contribution in [0.15, 0.2) is 28.8 Å². The van der Waals surface area contributed by atoms with Crippen molar-refractivity contribution < 1.29 is 14.1 Å². The Kier molecular flexibility index (Phi) is 5.59. The number of rotatable bonds is 7. The van der Waals surface area contributed by atoms with E-state index in [-0.39, 0.29) is 12.0 Å². The molecule has 24 heavy (non-hydrogen) atoms. The molecule has 1 atom stereocenters. The lowest BCUT2D eigenvalue weighted by Crippen LogP contribution is -2.31. The zero-order valence-corrected chi connectivity index (χ0v) is 14.0. The summed E-state index contributed by atoms with van der Waals surface area (Å²) in [6.07, 6.45) is 4.04. The minimum Gasteiger partial charge on any atom is -0.376 e. The van der Waals surface area contributed by atoms with Crippen molar-refractivity contribution >= 4 is 5.91 Å². The van der Waals surface area contributed by atoms with E-state index in [1.807, 2.05) is 31.2 Å². The molecule has 6 nitrogen and oxygen atoms in total. The van der Waals surface area contributed by atoms with Crippen LogP contribution >= 0.6 is 0 Å². The first-order valence-electron chi connectivity index (χ1n) is 8.48. The average molecular weight is 329 g/mol. The molecule has 1 aliphatic heterocycles. The topological polar surface area (TPSA) is 77.2 Å². The van der Waals surface area contributed by atoms with Crippen molar-refractivity contribution in [2.24, 2.45) is 0 Å². The highest BCUT2D eigenvalue weighted by Gasteiger charge is 2.16. The normalized spacial score (nSPS) is 17.1. The molecule has 0 bridgehead atoms. The fraction of sp³-hybridized carbons (Fsp3) is 0.500. The van der Waals surface area contributed by atoms with Gasteiger partial charge in [0.05, 0.1) is 6.10 Å². The lowest BCUT2D eigenvalue weighted by Gasteiger charge is -2.10. The van der Waals surface area contributed by atoms with Crippen LogP contribution in [0.1, 0.15) is 37.1 Å². The fourth-order valence-corrected chi connectivity index (χ4v) is 2.70. The summed E-state index contributed by atoms with van der Waals surface area (Å²) in [6.45, 7) is 3.45. The summed E-state index contributed by atoms with van der Waals surface area (Å²) in [6, 6.07) is 7.98. The van der Waals surface area contributed by atoms with E-state index in [0.29, 0.717) is 37.5 Å². The van der Waals surface area contributed by atoms with Gasteiger partial charge in [-0.05, 0) is 26.2 Å². The number of hydrogen-bond acceptors (Lipinski definition) is 5. The summed E-state index contributed by atoms with van der Waals surface area (Å²) >= 11 is 0. The van der Waals surface area contributed by atoms with Gasteiger partial charge in [-0.25, -0.2) is 0 Å². The number of nitrogens with one attached hydrogen (secondary N) is 1. The highest BCUT2D eigenvalue weighted by atomic mass is 16.5. The highest BCUT2D eigenvalue weighted by Crippen LogP contribution is 2.17. The molecule has 1 aromatic carbocycles. The van der Waals surface area contributed by atoms with Crippen LogP contribution in [-0.4, -0.2) is 35.3 Å².